The van der Waals surface area contributed by atoms with Crippen LogP contribution in [-0.4, -0.2) is 35.4 Å². The highest BCUT2D eigenvalue weighted by atomic mass is 32.1. The summed E-state index contributed by atoms with van der Waals surface area (Å²) < 4.78 is 0. The Morgan fingerprint density at radius 2 is 2.35 bits per heavy atom. The molecule has 1 unspecified atom stereocenters. The predicted molar refractivity (Wildman–Crippen MR) is 85.8 cm³/mol. The number of anilines is 1. The Morgan fingerprint density at radius 1 is 1.55 bits per heavy atom. The van der Waals surface area contributed by atoms with Crippen molar-refractivity contribution in [2.24, 2.45) is 11.7 Å². The lowest BCUT2D eigenvalue weighted by atomic mass is 10.0. The number of piperidine rings is 1. The topological polar surface area (TPSA) is 58.4 Å². The normalized spacial score (nSPS) is 19.6. The van der Waals surface area contributed by atoms with E-state index in [1.54, 1.807) is 6.07 Å². The number of benzene rings is 1. The summed E-state index contributed by atoms with van der Waals surface area (Å²) in [5.74, 6) is 0.689. The van der Waals surface area contributed by atoms with Gasteiger partial charge in [0.2, 0.25) is 5.91 Å². The molecule has 1 amide bonds. The van der Waals surface area contributed by atoms with E-state index in [1.165, 1.54) is 12.8 Å². The van der Waals surface area contributed by atoms with E-state index >= 15 is 0 Å². The van der Waals surface area contributed by atoms with Crippen LogP contribution in [0.25, 0.3) is 0 Å². The Hall–Kier alpha value is -1.46. The van der Waals surface area contributed by atoms with E-state index < -0.39 is 0 Å². The van der Waals surface area contributed by atoms with E-state index in [2.05, 4.69) is 17.1 Å². The highest BCUT2D eigenvalue weighted by molar-refractivity contribution is 7.80. The molecule has 1 atom stereocenters. The number of likely N-dealkylation sites (tertiary alicyclic amines) is 1. The second-order valence-electron chi connectivity index (χ2n) is 5.48. The monoisotopic (exact) mass is 291 g/mol. The Labute approximate surface area is 125 Å². The van der Waals surface area contributed by atoms with Crippen LogP contribution in [0.3, 0.4) is 0 Å². The summed E-state index contributed by atoms with van der Waals surface area (Å²) in [5.41, 5.74) is 7.10. The number of nitrogens with one attached hydrogen (secondary N) is 1. The van der Waals surface area contributed by atoms with Crippen molar-refractivity contribution in [3.05, 3.63) is 29.8 Å². The Balaban J connectivity index is 1.91. The van der Waals surface area contributed by atoms with Crippen molar-refractivity contribution >= 4 is 28.8 Å². The molecule has 1 saturated heterocycles. The lowest BCUT2D eigenvalue weighted by Gasteiger charge is -2.30. The van der Waals surface area contributed by atoms with Crippen LogP contribution in [0.5, 0.6) is 0 Å². The van der Waals surface area contributed by atoms with E-state index in [0.717, 1.165) is 24.3 Å². The Kier molecular flexibility index (Phi) is 5.09. The van der Waals surface area contributed by atoms with E-state index in [4.69, 9.17) is 18.0 Å². The van der Waals surface area contributed by atoms with Crippen LogP contribution in [0.4, 0.5) is 5.69 Å². The molecule has 1 aromatic carbocycles. The number of thiocarbonyl (C=S) groups is 1. The first-order valence-electron chi connectivity index (χ1n) is 6.96. The molecule has 108 valence electrons. The van der Waals surface area contributed by atoms with Crippen molar-refractivity contribution in [2.45, 2.75) is 19.8 Å². The van der Waals surface area contributed by atoms with Crippen LogP contribution in [0.2, 0.25) is 0 Å². The fourth-order valence-corrected chi connectivity index (χ4v) is 2.71. The van der Waals surface area contributed by atoms with Gasteiger partial charge in [-0.15, -0.1) is 0 Å². The van der Waals surface area contributed by atoms with Gasteiger partial charge in [-0.1, -0.05) is 31.3 Å². The number of carbonyl (C=O) groups excluding carboxylic acids is 1. The highest BCUT2D eigenvalue weighted by Gasteiger charge is 2.18. The van der Waals surface area contributed by atoms with Gasteiger partial charge < -0.3 is 11.1 Å². The van der Waals surface area contributed by atoms with Crippen LogP contribution < -0.4 is 11.1 Å². The molecule has 1 heterocycles. The number of amides is 1. The minimum atomic E-state index is 0.0131. The standard InChI is InChI=1S/C15H21N3OS/c1-11-4-3-7-18(9-11)10-14(19)17-13-6-2-5-12(8-13)15(16)20/h2,5-6,8,11H,3-4,7,9-10H2,1H3,(H2,16,20)(H,17,19). The van der Waals surface area contributed by atoms with Gasteiger partial charge in [0.1, 0.15) is 4.99 Å². The van der Waals surface area contributed by atoms with Gasteiger partial charge in [-0.05, 0) is 37.4 Å². The van der Waals surface area contributed by atoms with Gasteiger partial charge in [-0.2, -0.15) is 0 Å². The Morgan fingerprint density at radius 3 is 3.05 bits per heavy atom. The molecule has 2 rings (SSSR count). The summed E-state index contributed by atoms with van der Waals surface area (Å²) in [6, 6.07) is 7.33. The largest absolute Gasteiger partial charge is 0.389 e. The first-order chi connectivity index (χ1) is 9.54. The van der Waals surface area contributed by atoms with Crippen LogP contribution in [-0.2, 0) is 4.79 Å². The maximum atomic E-state index is 12.1. The fraction of sp³-hybridized carbons (Fsp3) is 0.467. The molecule has 0 bridgehead atoms. The smallest absolute Gasteiger partial charge is 0.238 e. The number of nitrogens with zero attached hydrogens (tertiary/aromatic N) is 1. The number of nitrogens with two attached hydrogens (primary N) is 1. The van der Waals surface area contributed by atoms with Gasteiger partial charge in [-0.25, -0.2) is 0 Å². The van der Waals surface area contributed by atoms with E-state index in [-0.39, 0.29) is 5.91 Å². The van der Waals surface area contributed by atoms with Gasteiger partial charge in [-0.3, -0.25) is 9.69 Å². The molecule has 20 heavy (non-hydrogen) atoms. The number of hydrogen-bond donors (Lipinski definition) is 2. The molecule has 0 aromatic heterocycles. The summed E-state index contributed by atoms with van der Waals surface area (Å²) >= 11 is 4.94. The average molecular weight is 291 g/mol. The molecular formula is C15H21N3OS. The molecule has 0 spiro atoms. The first-order valence-corrected chi connectivity index (χ1v) is 7.37. The first kappa shape index (κ1) is 14.9. The van der Waals surface area contributed by atoms with Gasteiger partial charge in [0, 0.05) is 17.8 Å². The maximum Gasteiger partial charge on any atom is 0.238 e. The van der Waals surface area contributed by atoms with Crippen molar-refractivity contribution < 1.29 is 4.79 Å². The molecular weight excluding hydrogens is 270 g/mol. The zero-order chi connectivity index (χ0) is 14.5. The Bertz CT molecular complexity index is 504. The molecule has 5 heteroatoms. The zero-order valence-corrected chi connectivity index (χ0v) is 12.6. The van der Waals surface area contributed by atoms with Crippen LogP contribution >= 0.6 is 12.2 Å². The summed E-state index contributed by atoms with van der Waals surface area (Å²) in [7, 11) is 0. The lowest BCUT2D eigenvalue weighted by molar-refractivity contribution is -0.117. The lowest BCUT2D eigenvalue weighted by Crippen LogP contribution is -2.39. The third kappa shape index (κ3) is 4.28. The highest BCUT2D eigenvalue weighted by Crippen LogP contribution is 2.15. The summed E-state index contributed by atoms with van der Waals surface area (Å²) in [5, 5.41) is 2.90. The minimum absolute atomic E-state index is 0.0131. The van der Waals surface area contributed by atoms with E-state index in [9.17, 15) is 4.79 Å². The van der Waals surface area contributed by atoms with Gasteiger partial charge >= 0.3 is 0 Å². The molecule has 0 aliphatic carbocycles. The second-order valence-corrected chi connectivity index (χ2v) is 5.92. The van der Waals surface area contributed by atoms with E-state index in [1.807, 2.05) is 18.2 Å². The van der Waals surface area contributed by atoms with Crippen LogP contribution in [0.1, 0.15) is 25.3 Å². The van der Waals surface area contributed by atoms with Gasteiger partial charge in [0.15, 0.2) is 0 Å². The van der Waals surface area contributed by atoms with Crippen molar-refractivity contribution in [3.8, 4) is 0 Å². The van der Waals surface area contributed by atoms with Gasteiger partial charge in [0.05, 0.1) is 6.54 Å². The molecule has 3 N–H and O–H groups in total. The molecule has 1 aromatic rings. The number of rotatable bonds is 4. The van der Waals surface area contributed by atoms with Crippen LogP contribution in [0, 0.1) is 5.92 Å². The molecule has 0 saturated carbocycles. The third-order valence-corrected chi connectivity index (χ3v) is 3.77. The van der Waals surface area contributed by atoms with Crippen LogP contribution in [0.15, 0.2) is 24.3 Å². The number of carbonyl (C=O) groups is 1. The van der Waals surface area contributed by atoms with Crippen molar-refractivity contribution in [1.29, 1.82) is 0 Å². The summed E-state index contributed by atoms with van der Waals surface area (Å²) in [6.07, 6.45) is 2.43. The third-order valence-electron chi connectivity index (χ3n) is 3.54. The molecule has 1 aliphatic heterocycles. The van der Waals surface area contributed by atoms with Crippen molar-refractivity contribution in [2.75, 3.05) is 25.0 Å². The molecule has 0 radical (unpaired) electrons. The summed E-state index contributed by atoms with van der Waals surface area (Å²) in [6.45, 7) is 4.68. The second kappa shape index (κ2) is 6.81. The maximum absolute atomic E-state index is 12.1. The van der Waals surface area contributed by atoms with Crippen molar-refractivity contribution in [1.82, 2.24) is 4.90 Å². The fourth-order valence-electron chi connectivity index (χ4n) is 2.58. The molecule has 1 aliphatic rings. The molecule has 1 fully saturated rings. The number of hydrogen-bond acceptors (Lipinski definition) is 3. The average Bonchev–Trinajstić information content (AvgIpc) is 2.38. The minimum Gasteiger partial charge on any atom is -0.389 e. The quantitative estimate of drug-likeness (QED) is 0.833. The predicted octanol–water partition coefficient (Wildman–Crippen LogP) is 1.99. The van der Waals surface area contributed by atoms with Gasteiger partial charge in [0.25, 0.3) is 0 Å². The zero-order valence-electron chi connectivity index (χ0n) is 11.8. The molecule has 4 nitrogen and oxygen atoms in total. The summed E-state index contributed by atoms with van der Waals surface area (Å²) in [4.78, 5) is 14.6. The van der Waals surface area contributed by atoms with Crippen molar-refractivity contribution in [3.63, 3.8) is 0 Å². The SMILES string of the molecule is CC1CCCN(CC(=O)Nc2cccc(C(N)=S)c2)C1. The van der Waals surface area contributed by atoms with E-state index in [0.29, 0.717) is 17.5 Å².